The zero-order chi connectivity index (χ0) is 25.7. The van der Waals surface area contributed by atoms with E-state index in [9.17, 15) is 25.2 Å². The molecule has 35 heavy (non-hydrogen) atoms. The van der Waals surface area contributed by atoms with E-state index in [4.69, 9.17) is 18.9 Å². The van der Waals surface area contributed by atoms with E-state index in [0.29, 0.717) is 11.3 Å². The second-order valence-corrected chi connectivity index (χ2v) is 10.2. The molecule has 0 radical (unpaired) electrons. The molecule has 1 aliphatic heterocycles. The average Bonchev–Trinajstić information content (AvgIpc) is 3.31. The molecule has 13 heteroatoms. The van der Waals surface area contributed by atoms with E-state index in [1.807, 2.05) is 36.4 Å². The number of ether oxygens (including phenoxy) is 4. The van der Waals surface area contributed by atoms with Crippen LogP contribution in [0.1, 0.15) is 38.1 Å². The molecule has 3 rings (SSSR count). The van der Waals surface area contributed by atoms with Crippen LogP contribution in [0.4, 0.5) is 0 Å². The van der Waals surface area contributed by atoms with Crippen LogP contribution in [0.5, 0.6) is 11.5 Å². The van der Waals surface area contributed by atoms with Crippen molar-refractivity contribution in [3.8, 4) is 11.5 Å². The van der Waals surface area contributed by atoms with E-state index in [2.05, 4.69) is 10.3 Å². The molecule has 0 spiro atoms. The number of alkyl halides is 1. The van der Waals surface area contributed by atoms with Gasteiger partial charge in [0.2, 0.25) is 6.29 Å². The third-order valence-electron chi connectivity index (χ3n) is 5.35. The number of benzene rings is 1. The van der Waals surface area contributed by atoms with Gasteiger partial charge in [0.1, 0.15) is 53.1 Å². The smallest absolute Gasteiger partial charge is 0.318 e. The Morgan fingerprint density at radius 3 is 2.57 bits per heavy atom. The van der Waals surface area contributed by atoms with Crippen LogP contribution in [-0.4, -0.2) is 82.6 Å². The number of hydrogen-bond donors (Lipinski definition) is 4. The van der Waals surface area contributed by atoms with Crippen molar-refractivity contribution in [2.75, 3.05) is 6.61 Å². The van der Waals surface area contributed by atoms with Gasteiger partial charge in [0, 0.05) is 17.7 Å². The van der Waals surface area contributed by atoms with E-state index in [0.717, 1.165) is 5.69 Å². The van der Waals surface area contributed by atoms with Crippen molar-refractivity contribution in [3.05, 3.63) is 35.7 Å². The van der Waals surface area contributed by atoms with E-state index in [-0.39, 0.29) is 34.9 Å². The van der Waals surface area contributed by atoms with Gasteiger partial charge in [-0.15, -0.1) is 5.10 Å². The van der Waals surface area contributed by atoms with Crippen molar-refractivity contribution in [3.63, 3.8) is 0 Å². The van der Waals surface area contributed by atoms with Gasteiger partial charge in [-0.1, -0.05) is 27.8 Å². The van der Waals surface area contributed by atoms with Gasteiger partial charge < -0.3 is 39.4 Å². The van der Waals surface area contributed by atoms with Crippen LogP contribution in [0.25, 0.3) is 0 Å². The molecule has 1 aliphatic rings. The third kappa shape index (κ3) is 6.80. The number of halogens is 1. The first kappa shape index (κ1) is 27.5. The lowest BCUT2D eigenvalue weighted by atomic mass is 9.99. The molecule has 12 nitrogen and oxygen atoms in total. The fourth-order valence-electron chi connectivity index (χ4n) is 3.38. The number of rotatable bonds is 10. The highest BCUT2D eigenvalue weighted by molar-refractivity contribution is 14.1. The predicted octanol–water partition coefficient (Wildman–Crippen LogP) is 0.483. The number of esters is 1. The number of aliphatic hydroxyl groups is 4. The highest BCUT2D eigenvalue weighted by Gasteiger charge is 2.44. The Balaban J connectivity index is 1.81. The van der Waals surface area contributed by atoms with Gasteiger partial charge in [-0.2, -0.15) is 0 Å². The molecule has 1 aromatic heterocycles. The minimum atomic E-state index is -1.57. The van der Waals surface area contributed by atoms with Crippen LogP contribution in [-0.2, 0) is 27.5 Å². The summed E-state index contributed by atoms with van der Waals surface area (Å²) < 4.78 is 23.8. The highest BCUT2D eigenvalue weighted by Crippen LogP contribution is 2.30. The maximum atomic E-state index is 11.9. The van der Waals surface area contributed by atoms with Gasteiger partial charge in [0.25, 0.3) is 0 Å². The molecular weight excluding hydrogens is 577 g/mol. The molecule has 6 atom stereocenters. The lowest BCUT2D eigenvalue weighted by Crippen LogP contribution is -2.60. The molecule has 2 heterocycles. The number of nitrogens with zero attached hydrogens (tertiary/aromatic N) is 3. The summed E-state index contributed by atoms with van der Waals surface area (Å²) in [5.74, 6) is 0.190. The maximum absolute atomic E-state index is 11.9. The Labute approximate surface area is 215 Å². The SMILES string of the molecule is CC(I)C(=O)OCc1ccc(O[C@@H]2O[C@H](CO)[C@@H](O)[C@H](O)[C@H]2O)cc1OCc1cnnn1C(C)C. The Morgan fingerprint density at radius 2 is 1.91 bits per heavy atom. The average molecular weight is 607 g/mol. The third-order valence-corrected chi connectivity index (χ3v) is 5.86. The van der Waals surface area contributed by atoms with Crippen LogP contribution < -0.4 is 9.47 Å². The van der Waals surface area contributed by atoms with Crippen molar-refractivity contribution in [2.24, 2.45) is 0 Å². The zero-order valence-corrected chi connectivity index (χ0v) is 21.7. The van der Waals surface area contributed by atoms with Gasteiger partial charge in [0.15, 0.2) is 0 Å². The molecule has 1 fully saturated rings. The molecule has 4 N–H and O–H groups in total. The van der Waals surface area contributed by atoms with Crippen LogP contribution in [0.2, 0.25) is 0 Å². The van der Waals surface area contributed by atoms with Gasteiger partial charge in [-0.3, -0.25) is 4.79 Å². The summed E-state index contributed by atoms with van der Waals surface area (Å²) in [6.45, 7) is 5.16. The van der Waals surface area contributed by atoms with Crippen LogP contribution in [0.3, 0.4) is 0 Å². The topological polar surface area (TPSA) is 166 Å². The van der Waals surface area contributed by atoms with Gasteiger partial charge in [0.05, 0.1) is 18.5 Å². The number of carbonyl (C=O) groups is 1. The maximum Gasteiger partial charge on any atom is 0.318 e. The minimum absolute atomic E-state index is 0.0382. The standard InChI is InChI=1S/C22H30IN3O9/c1-11(2)26-14(7-24-25-26)10-32-16-6-15(5-4-13(16)9-33-21(31)12(3)23)34-22-20(30)19(29)18(28)17(8-27)35-22/h4-7,11-12,17-20,22,27-30H,8-10H2,1-3H3/t12?,17-,18-,19+,20-,22-/m1/s1. The second kappa shape index (κ2) is 12.3. The molecule has 0 bridgehead atoms. The highest BCUT2D eigenvalue weighted by atomic mass is 127. The molecular formula is C22H30IN3O9. The number of carbonyl (C=O) groups excluding carboxylic acids is 1. The minimum Gasteiger partial charge on any atom is -0.487 e. The number of aliphatic hydroxyl groups excluding tert-OH is 4. The summed E-state index contributed by atoms with van der Waals surface area (Å²) in [4.78, 5) is 11.9. The first-order valence-corrected chi connectivity index (χ1v) is 12.3. The quantitative estimate of drug-likeness (QED) is 0.169. The largest absolute Gasteiger partial charge is 0.487 e. The normalized spacial score (nSPS) is 25.3. The van der Waals surface area contributed by atoms with Crippen molar-refractivity contribution >= 4 is 28.6 Å². The van der Waals surface area contributed by atoms with Gasteiger partial charge >= 0.3 is 5.97 Å². The van der Waals surface area contributed by atoms with E-state index in [1.165, 1.54) is 6.07 Å². The first-order valence-electron chi connectivity index (χ1n) is 11.0. The molecule has 2 aromatic rings. The number of aromatic nitrogens is 3. The summed E-state index contributed by atoms with van der Waals surface area (Å²) in [7, 11) is 0. The monoisotopic (exact) mass is 607 g/mol. The molecule has 1 aromatic carbocycles. The fraction of sp³-hybridized carbons (Fsp3) is 0.591. The van der Waals surface area contributed by atoms with Crippen LogP contribution >= 0.6 is 22.6 Å². The van der Waals surface area contributed by atoms with Crippen LogP contribution in [0, 0.1) is 0 Å². The fourth-order valence-corrected chi connectivity index (χ4v) is 3.56. The van der Waals surface area contributed by atoms with Gasteiger partial charge in [-0.05, 0) is 32.9 Å². The Hall–Kier alpha value is -2.04. The predicted molar refractivity (Wildman–Crippen MR) is 129 cm³/mol. The van der Waals surface area contributed by atoms with Crippen LogP contribution in [0.15, 0.2) is 24.4 Å². The van der Waals surface area contributed by atoms with Gasteiger partial charge in [-0.25, -0.2) is 4.68 Å². The summed E-state index contributed by atoms with van der Waals surface area (Å²) in [6, 6.07) is 4.80. The first-order chi connectivity index (χ1) is 16.6. The second-order valence-electron chi connectivity index (χ2n) is 8.36. The molecule has 1 saturated heterocycles. The molecule has 1 unspecified atom stereocenters. The lowest BCUT2D eigenvalue weighted by molar-refractivity contribution is -0.277. The summed E-state index contributed by atoms with van der Waals surface area (Å²) in [5, 5.41) is 47.6. The Morgan fingerprint density at radius 1 is 1.17 bits per heavy atom. The molecule has 194 valence electrons. The number of hydrogen-bond acceptors (Lipinski definition) is 11. The summed E-state index contributed by atoms with van der Waals surface area (Å²) in [5.41, 5.74) is 1.30. The van der Waals surface area contributed by atoms with Crippen molar-refractivity contribution in [2.45, 2.75) is 74.7 Å². The molecule has 0 amide bonds. The van der Waals surface area contributed by atoms with Crippen molar-refractivity contribution in [1.82, 2.24) is 15.0 Å². The van der Waals surface area contributed by atoms with E-state index < -0.39 is 37.3 Å². The zero-order valence-electron chi connectivity index (χ0n) is 19.5. The summed E-state index contributed by atoms with van der Waals surface area (Å²) >= 11 is 1.96. The van der Waals surface area contributed by atoms with E-state index in [1.54, 1.807) is 29.9 Å². The Kier molecular flexibility index (Phi) is 9.66. The molecule has 0 aliphatic carbocycles. The van der Waals surface area contributed by atoms with E-state index >= 15 is 0 Å². The van der Waals surface area contributed by atoms with Crippen molar-refractivity contribution in [1.29, 1.82) is 0 Å². The van der Waals surface area contributed by atoms with Crippen molar-refractivity contribution < 1.29 is 44.2 Å². The summed E-state index contributed by atoms with van der Waals surface area (Å²) in [6.07, 6.45) is -5.49. The Bertz CT molecular complexity index is 985. The lowest BCUT2D eigenvalue weighted by Gasteiger charge is -2.39. The molecule has 0 saturated carbocycles.